The van der Waals surface area contributed by atoms with E-state index in [0.717, 1.165) is 10.6 Å². The smallest absolute Gasteiger partial charge is 0.410 e. The first kappa shape index (κ1) is 15.1. The lowest BCUT2D eigenvalue weighted by atomic mass is 9.85. The number of fused-ring (bicyclic) bond motifs is 1. The van der Waals surface area contributed by atoms with Gasteiger partial charge in [-0.2, -0.15) is 0 Å². The second kappa shape index (κ2) is 4.89. The lowest BCUT2D eigenvalue weighted by molar-refractivity contribution is 0.0175. The molecule has 6 nitrogen and oxygen atoms in total. The van der Waals surface area contributed by atoms with Crippen molar-refractivity contribution in [2.45, 2.75) is 52.2 Å². The van der Waals surface area contributed by atoms with Gasteiger partial charge in [0.05, 0.1) is 12.2 Å². The Hall–Kier alpha value is -1.34. The number of hydrazine groups is 1. The van der Waals surface area contributed by atoms with Gasteiger partial charge in [0.1, 0.15) is 5.60 Å². The van der Waals surface area contributed by atoms with E-state index in [2.05, 4.69) is 24.3 Å². The van der Waals surface area contributed by atoms with Gasteiger partial charge >= 0.3 is 6.09 Å². The van der Waals surface area contributed by atoms with Crippen LogP contribution in [0.25, 0.3) is 0 Å². The maximum absolute atomic E-state index is 12.2. The molecule has 3 N–H and O–H groups in total. The van der Waals surface area contributed by atoms with E-state index in [-0.39, 0.29) is 11.5 Å². The number of thiazole rings is 1. The molecule has 0 saturated carbocycles. The zero-order valence-electron chi connectivity index (χ0n) is 12.6. The van der Waals surface area contributed by atoms with E-state index in [9.17, 15) is 4.79 Å². The van der Waals surface area contributed by atoms with Crippen LogP contribution in [0.15, 0.2) is 0 Å². The first-order chi connectivity index (χ1) is 9.12. The van der Waals surface area contributed by atoms with Crippen molar-refractivity contribution < 1.29 is 9.53 Å². The number of nitrogens with one attached hydrogen (secondary N) is 1. The van der Waals surface area contributed by atoms with E-state index >= 15 is 0 Å². The number of nitrogens with zero attached hydrogens (tertiary/aromatic N) is 2. The second-order valence-corrected chi connectivity index (χ2v) is 7.74. The molecular weight excluding hydrogens is 276 g/mol. The van der Waals surface area contributed by atoms with Gasteiger partial charge in [-0.05, 0) is 20.8 Å². The lowest BCUT2D eigenvalue weighted by Gasteiger charge is -2.37. The van der Waals surface area contributed by atoms with E-state index in [1.165, 1.54) is 11.3 Å². The van der Waals surface area contributed by atoms with Crippen LogP contribution in [0.4, 0.5) is 9.93 Å². The van der Waals surface area contributed by atoms with Crippen molar-refractivity contribution >= 4 is 22.6 Å². The largest absolute Gasteiger partial charge is 0.444 e. The van der Waals surface area contributed by atoms with Crippen LogP contribution in [-0.2, 0) is 16.7 Å². The summed E-state index contributed by atoms with van der Waals surface area (Å²) in [5, 5.41) is 0.675. The fourth-order valence-electron chi connectivity index (χ4n) is 2.29. The Balaban J connectivity index is 2.23. The number of hydrogen-bond acceptors (Lipinski definition) is 6. The van der Waals surface area contributed by atoms with Crippen molar-refractivity contribution in [1.29, 1.82) is 0 Å². The molecule has 0 saturated heterocycles. The van der Waals surface area contributed by atoms with Crippen LogP contribution in [0.2, 0.25) is 0 Å². The Kier molecular flexibility index (Phi) is 3.68. The van der Waals surface area contributed by atoms with Gasteiger partial charge in [0.25, 0.3) is 0 Å². The maximum atomic E-state index is 12.2. The molecule has 20 heavy (non-hydrogen) atoms. The third-order valence-corrected chi connectivity index (χ3v) is 4.01. The monoisotopic (exact) mass is 298 g/mol. The second-order valence-electron chi connectivity index (χ2n) is 6.66. The average Bonchev–Trinajstić information content (AvgIpc) is 2.70. The van der Waals surface area contributed by atoms with Crippen molar-refractivity contribution in [3.63, 3.8) is 0 Å². The van der Waals surface area contributed by atoms with Crippen LogP contribution in [0.3, 0.4) is 0 Å². The Morgan fingerprint density at radius 3 is 2.70 bits per heavy atom. The number of hydrogen-bond donors (Lipinski definition) is 2. The molecule has 0 aliphatic carbocycles. The summed E-state index contributed by atoms with van der Waals surface area (Å²) in [6.45, 7) is 10.9. The van der Waals surface area contributed by atoms with Crippen molar-refractivity contribution in [2.24, 2.45) is 5.84 Å². The molecule has 0 spiro atoms. The molecule has 0 radical (unpaired) electrons. The third kappa shape index (κ3) is 3.04. The number of nitrogen functional groups attached to an aromatic ring is 1. The van der Waals surface area contributed by atoms with Gasteiger partial charge in [-0.3, -0.25) is 5.43 Å². The number of carbonyl (C=O) groups is 1. The molecule has 1 aromatic heterocycles. The van der Waals surface area contributed by atoms with Crippen LogP contribution in [-0.4, -0.2) is 28.1 Å². The molecule has 0 aromatic carbocycles. The summed E-state index contributed by atoms with van der Waals surface area (Å²) in [5.74, 6) is 5.42. The number of amides is 1. The van der Waals surface area contributed by atoms with E-state index in [1.807, 2.05) is 20.8 Å². The Morgan fingerprint density at radius 2 is 2.15 bits per heavy atom. The summed E-state index contributed by atoms with van der Waals surface area (Å²) in [6, 6.07) is 0. The molecule has 1 amide bonds. The van der Waals surface area contributed by atoms with Crippen LogP contribution >= 0.6 is 11.3 Å². The Labute approximate surface area is 123 Å². The van der Waals surface area contributed by atoms with Crippen molar-refractivity contribution in [3.8, 4) is 0 Å². The summed E-state index contributed by atoms with van der Waals surface area (Å²) in [5.41, 5.74) is 2.89. The molecule has 1 aromatic rings. The Bertz CT molecular complexity index is 519. The van der Waals surface area contributed by atoms with Gasteiger partial charge < -0.3 is 9.64 Å². The van der Waals surface area contributed by atoms with Crippen molar-refractivity contribution in [1.82, 2.24) is 9.88 Å². The lowest BCUT2D eigenvalue weighted by Crippen LogP contribution is -2.46. The minimum atomic E-state index is -0.487. The first-order valence-electron chi connectivity index (χ1n) is 6.57. The molecule has 2 rings (SSSR count). The van der Waals surface area contributed by atoms with Crippen molar-refractivity contribution in [2.75, 3.05) is 12.0 Å². The van der Waals surface area contributed by atoms with Gasteiger partial charge in [-0.15, -0.1) is 0 Å². The van der Waals surface area contributed by atoms with Crippen LogP contribution < -0.4 is 11.3 Å². The zero-order chi connectivity index (χ0) is 15.1. The van der Waals surface area contributed by atoms with E-state index in [1.54, 1.807) is 4.90 Å². The van der Waals surface area contributed by atoms with Crippen LogP contribution in [0.5, 0.6) is 0 Å². The highest BCUT2D eigenvalue weighted by atomic mass is 32.1. The predicted molar refractivity (Wildman–Crippen MR) is 79.6 cm³/mol. The third-order valence-electron chi connectivity index (χ3n) is 3.03. The number of ether oxygens (including phenoxy) is 1. The van der Waals surface area contributed by atoms with Gasteiger partial charge in [0, 0.05) is 16.8 Å². The Morgan fingerprint density at radius 1 is 1.50 bits per heavy atom. The number of carbonyl (C=O) groups excluding carboxylic acids is 1. The molecule has 2 heterocycles. The number of aromatic nitrogens is 1. The summed E-state index contributed by atoms with van der Waals surface area (Å²) in [6.07, 6.45) is -0.285. The number of rotatable bonds is 1. The highest BCUT2D eigenvalue weighted by Gasteiger charge is 2.38. The molecule has 0 fully saturated rings. The minimum Gasteiger partial charge on any atom is -0.444 e. The zero-order valence-corrected chi connectivity index (χ0v) is 13.4. The topological polar surface area (TPSA) is 80.5 Å². The van der Waals surface area contributed by atoms with E-state index in [0.29, 0.717) is 18.2 Å². The number of nitrogens with two attached hydrogens (primary N) is 1. The summed E-state index contributed by atoms with van der Waals surface area (Å²) >= 11 is 1.48. The summed E-state index contributed by atoms with van der Waals surface area (Å²) in [4.78, 5) is 19.5. The summed E-state index contributed by atoms with van der Waals surface area (Å²) < 4.78 is 5.45. The first-order valence-corrected chi connectivity index (χ1v) is 7.39. The molecule has 0 unspecified atom stereocenters. The maximum Gasteiger partial charge on any atom is 0.410 e. The standard InChI is InChI=1S/C13H22N4O2S/c1-12(2,3)19-11(18)17-6-8-9(13(4,5)7-17)15-10(16-14)20-8/h6-7,14H2,1-5H3,(H,15,16). The fourth-order valence-corrected chi connectivity index (χ4v) is 3.35. The molecule has 1 aliphatic heterocycles. The van der Waals surface area contributed by atoms with Gasteiger partial charge in [-0.25, -0.2) is 15.6 Å². The molecule has 112 valence electrons. The molecule has 1 aliphatic rings. The average molecular weight is 298 g/mol. The highest BCUT2D eigenvalue weighted by molar-refractivity contribution is 7.15. The van der Waals surface area contributed by atoms with E-state index in [4.69, 9.17) is 10.6 Å². The summed E-state index contributed by atoms with van der Waals surface area (Å²) in [7, 11) is 0. The van der Waals surface area contributed by atoms with Gasteiger partial charge in [0.2, 0.25) is 0 Å². The van der Waals surface area contributed by atoms with Gasteiger partial charge in [0.15, 0.2) is 5.13 Å². The van der Waals surface area contributed by atoms with Crippen molar-refractivity contribution in [3.05, 3.63) is 10.6 Å². The van der Waals surface area contributed by atoms with Crippen LogP contribution in [0.1, 0.15) is 45.2 Å². The highest BCUT2D eigenvalue weighted by Crippen LogP contribution is 2.38. The molecular formula is C13H22N4O2S. The number of anilines is 1. The molecule has 7 heteroatoms. The van der Waals surface area contributed by atoms with Crippen LogP contribution in [0, 0.1) is 0 Å². The van der Waals surface area contributed by atoms with Gasteiger partial charge in [-0.1, -0.05) is 25.2 Å². The minimum absolute atomic E-state index is 0.212. The quantitative estimate of drug-likeness (QED) is 0.615. The molecule has 0 bridgehead atoms. The normalized spacial score (nSPS) is 17.6. The fraction of sp³-hybridized carbons (Fsp3) is 0.692. The molecule has 0 atom stereocenters. The van der Waals surface area contributed by atoms with E-state index < -0.39 is 5.60 Å². The predicted octanol–water partition coefficient (Wildman–Crippen LogP) is 2.46. The SMILES string of the molecule is CC(C)(C)OC(=O)N1Cc2sc(NN)nc2C(C)(C)C1.